The fourth-order valence-corrected chi connectivity index (χ4v) is 4.42. The number of nitrogens with one attached hydrogen (secondary N) is 1. The van der Waals surface area contributed by atoms with Gasteiger partial charge in [0.25, 0.3) is 0 Å². The Morgan fingerprint density at radius 2 is 1.79 bits per heavy atom. The van der Waals surface area contributed by atoms with E-state index in [-0.39, 0.29) is 6.03 Å². The lowest BCUT2D eigenvalue weighted by molar-refractivity contribution is 0.164. The molecule has 5 heteroatoms. The van der Waals surface area contributed by atoms with Gasteiger partial charge in [-0.2, -0.15) is 0 Å². The van der Waals surface area contributed by atoms with E-state index in [0.29, 0.717) is 18.0 Å². The number of rotatable bonds is 3. The van der Waals surface area contributed by atoms with Crippen LogP contribution in [0.1, 0.15) is 81.3 Å². The van der Waals surface area contributed by atoms with Crippen LogP contribution < -0.4 is 5.32 Å². The van der Waals surface area contributed by atoms with Crippen LogP contribution in [0.15, 0.2) is 6.20 Å². The van der Waals surface area contributed by atoms with E-state index in [2.05, 4.69) is 21.8 Å². The molecule has 1 N–H and O–H groups in total. The smallest absolute Gasteiger partial charge is 0.317 e. The quantitative estimate of drug-likeness (QED) is 0.917. The largest absolute Gasteiger partial charge is 0.335 e. The van der Waals surface area contributed by atoms with Gasteiger partial charge in [0, 0.05) is 43.0 Å². The van der Waals surface area contributed by atoms with Crippen LogP contribution in [0.5, 0.6) is 0 Å². The van der Waals surface area contributed by atoms with Crippen LogP contribution in [0.25, 0.3) is 0 Å². The van der Waals surface area contributed by atoms with Crippen molar-refractivity contribution in [1.29, 1.82) is 0 Å². The molecule has 2 saturated carbocycles. The van der Waals surface area contributed by atoms with E-state index in [1.165, 1.54) is 43.6 Å². The summed E-state index contributed by atoms with van der Waals surface area (Å²) in [6.07, 6.45) is 12.9. The maximum Gasteiger partial charge on any atom is 0.317 e. The number of carbonyl (C=O) groups is 1. The van der Waals surface area contributed by atoms with Gasteiger partial charge in [-0.05, 0) is 45.4 Å². The summed E-state index contributed by atoms with van der Waals surface area (Å²) in [5, 5.41) is 3.26. The Kier molecular flexibility index (Phi) is 4.51. The number of urea groups is 1. The molecule has 1 aromatic rings. The van der Waals surface area contributed by atoms with E-state index in [0.717, 1.165) is 38.8 Å². The fraction of sp³-hybridized carbons (Fsp3) is 0.789. The third-order valence-electron chi connectivity index (χ3n) is 6.00. The summed E-state index contributed by atoms with van der Waals surface area (Å²) in [5.74, 6) is 1.98. The number of carbonyl (C=O) groups excluding carboxylic acids is 1. The minimum atomic E-state index is 0.158. The highest BCUT2D eigenvalue weighted by Gasteiger charge is 2.33. The Hall–Kier alpha value is -1.52. The lowest BCUT2D eigenvalue weighted by Crippen LogP contribution is -2.48. The van der Waals surface area contributed by atoms with Gasteiger partial charge in [-0.3, -0.25) is 0 Å². The van der Waals surface area contributed by atoms with Crippen molar-refractivity contribution in [1.82, 2.24) is 19.8 Å². The van der Waals surface area contributed by atoms with Crippen molar-refractivity contribution in [3.05, 3.63) is 17.7 Å². The predicted octanol–water partition coefficient (Wildman–Crippen LogP) is 3.75. The van der Waals surface area contributed by atoms with Crippen LogP contribution in [0.2, 0.25) is 0 Å². The van der Waals surface area contributed by atoms with Crippen molar-refractivity contribution in [2.24, 2.45) is 0 Å². The number of aryl methyl sites for hydroxylation is 1. The van der Waals surface area contributed by atoms with Gasteiger partial charge >= 0.3 is 6.03 Å². The second-order valence-corrected chi connectivity index (χ2v) is 7.90. The summed E-state index contributed by atoms with van der Waals surface area (Å²) in [7, 11) is 0. The van der Waals surface area contributed by atoms with Crippen molar-refractivity contribution >= 4 is 6.03 Å². The molecular formula is C19H30N4O. The highest BCUT2D eigenvalue weighted by Crippen LogP contribution is 2.41. The summed E-state index contributed by atoms with van der Waals surface area (Å²) in [6, 6.07) is 1.08. The third-order valence-corrected chi connectivity index (χ3v) is 6.00. The van der Waals surface area contributed by atoms with E-state index in [9.17, 15) is 4.79 Å². The molecule has 0 atom stereocenters. The highest BCUT2D eigenvalue weighted by molar-refractivity contribution is 5.74. The summed E-state index contributed by atoms with van der Waals surface area (Å²) in [6.45, 7) is 3.90. The van der Waals surface area contributed by atoms with Gasteiger partial charge in [0.2, 0.25) is 0 Å². The Balaban J connectivity index is 1.33. The molecule has 0 radical (unpaired) electrons. The maximum atomic E-state index is 12.5. The molecule has 0 aromatic carbocycles. The minimum Gasteiger partial charge on any atom is -0.335 e. The van der Waals surface area contributed by atoms with Gasteiger partial charge in [-0.15, -0.1) is 0 Å². The number of aromatic nitrogens is 2. The van der Waals surface area contributed by atoms with Crippen molar-refractivity contribution in [2.45, 2.75) is 82.7 Å². The summed E-state index contributed by atoms with van der Waals surface area (Å²) < 4.78 is 2.47. The van der Waals surface area contributed by atoms with Crippen molar-refractivity contribution in [3.63, 3.8) is 0 Å². The number of hydrogen-bond acceptors (Lipinski definition) is 2. The van der Waals surface area contributed by atoms with E-state index in [1.807, 2.05) is 11.1 Å². The Bertz CT molecular complexity index is 578. The van der Waals surface area contributed by atoms with Gasteiger partial charge in [-0.25, -0.2) is 9.78 Å². The average molecular weight is 330 g/mol. The zero-order valence-electron chi connectivity index (χ0n) is 14.8. The second-order valence-electron chi connectivity index (χ2n) is 7.90. The van der Waals surface area contributed by atoms with Crippen molar-refractivity contribution in [3.8, 4) is 0 Å². The topological polar surface area (TPSA) is 50.2 Å². The Morgan fingerprint density at radius 1 is 1.08 bits per heavy atom. The molecule has 2 amide bonds. The number of piperidine rings is 1. The van der Waals surface area contributed by atoms with E-state index < -0.39 is 0 Å². The number of hydrogen-bond donors (Lipinski definition) is 1. The molecule has 132 valence electrons. The molecule has 0 unspecified atom stereocenters. The molecule has 3 aliphatic rings. The SMILES string of the molecule is Cc1cnc(C2CC2)n1C1CCN(C(=O)NC2CCCCC2)CC1. The molecule has 0 spiro atoms. The lowest BCUT2D eigenvalue weighted by Gasteiger charge is -2.35. The van der Waals surface area contributed by atoms with Crippen LogP contribution >= 0.6 is 0 Å². The van der Waals surface area contributed by atoms with E-state index >= 15 is 0 Å². The summed E-state index contributed by atoms with van der Waals surface area (Å²) in [4.78, 5) is 19.2. The first-order chi connectivity index (χ1) is 11.7. The number of nitrogens with zero attached hydrogens (tertiary/aromatic N) is 3. The van der Waals surface area contributed by atoms with Crippen LogP contribution in [0.3, 0.4) is 0 Å². The molecule has 2 heterocycles. The Labute approximate surface area is 144 Å². The van der Waals surface area contributed by atoms with Crippen LogP contribution in [-0.2, 0) is 0 Å². The molecule has 5 nitrogen and oxygen atoms in total. The minimum absolute atomic E-state index is 0.158. The predicted molar refractivity (Wildman–Crippen MR) is 94.2 cm³/mol. The maximum absolute atomic E-state index is 12.5. The molecular weight excluding hydrogens is 300 g/mol. The first-order valence-corrected chi connectivity index (χ1v) is 9.81. The van der Waals surface area contributed by atoms with Gasteiger partial charge in [-0.1, -0.05) is 19.3 Å². The highest BCUT2D eigenvalue weighted by atomic mass is 16.2. The molecule has 24 heavy (non-hydrogen) atoms. The lowest BCUT2D eigenvalue weighted by atomic mass is 9.95. The number of imidazole rings is 1. The number of likely N-dealkylation sites (tertiary alicyclic amines) is 1. The molecule has 0 bridgehead atoms. The van der Waals surface area contributed by atoms with E-state index in [4.69, 9.17) is 0 Å². The van der Waals surface area contributed by atoms with Crippen LogP contribution in [0.4, 0.5) is 4.79 Å². The molecule has 3 fully saturated rings. The third kappa shape index (κ3) is 3.31. The van der Waals surface area contributed by atoms with Gasteiger partial charge < -0.3 is 14.8 Å². The first-order valence-electron chi connectivity index (χ1n) is 9.81. The summed E-state index contributed by atoms with van der Waals surface area (Å²) >= 11 is 0. The zero-order chi connectivity index (χ0) is 16.5. The second kappa shape index (κ2) is 6.77. The van der Waals surface area contributed by atoms with E-state index in [1.54, 1.807) is 0 Å². The molecule has 1 aromatic heterocycles. The zero-order valence-corrected chi connectivity index (χ0v) is 14.8. The van der Waals surface area contributed by atoms with Crippen molar-refractivity contribution < 1.29 is 4.79 Å². The Morgan fingerprint density at radius 3 is 2.46 bits per heavy atom. The number of amides is 2. The van der Waals surface area contributed by atoms with Crippen LogP contribution in [-0.4, -0.2) is 39.6 Å². The molecule has 1 aliphatic heterocycles. The van der Waals surface area contributed by atoms with Gasteiger partial charge in [0.15, 0.2) is 0 Å². The van der Waals surface area contributed by atoms with Gasteiger partial charge in [0.05, 0.1) is 0 Å². The van der Waals surface area contributed by atoms with Crippen LogP contribution in [0, 0.1) is 6.92 Å². The monoisotopic (exact) mass is 330 g/mol. The first kappa shape index (κ1) is 16.0. The standard InChI is InChI=1S/C19H30N4O/c1-14-13-20-18(15-7-8-15)23(14)17-9-11-22(12-10-17)19(24)21-16-5-3-2-4-6-16/h13,15-17H,2-12H2,1H3,(H,21,24). The average Bonchev–Trinajstić information content (AvgIpc) is 3.38. The normalized spacial score (nSPS) is 23.5. The molecule has 2 aliphatic carbocycles. The van der Waals surface area contributed by atoms with Gasteiger partial charge in [0.1, 0.15) is 5.82 Å². The summed E-state index contributed by atoms with van der Waals surface area (Å²) in [5.41, 5.74) is 1.28. The molecule has 4 rings (SSSR count). The fourth-order valence-electron chi connectivity index (χ4n) is 4.42. The molecule has 1 saturated heterocycles. The van der Waals surface area contributed by atoms with Crippen molar-refractivity contribution in [2.75, 3.05) is 13.1 Å².